The van der Waals surface area contributed by atoms with E-state index in [-0.39, 0.29) is 6.90 Å². The first-order valence-electron chi connectivity index (χ1n) is 2.89. The second kappa shape index (κ2) is 2.72. The van der Waals surface area contributed by atoms with Crippen LogP contribution in [0.1, 0.15) is 15.2 Å². The van der Waals surface area contributed by atoms with E-state index >= 15 is 0 Å². The predicted molar refractivity (Wildman–Crippen MR) is 37.7 cm³/mol. The third-order valence-corrected chi connectivity index (χ3v) is 3.84. The number of hydrogen-bond donors (Lipinski definition) is 1. The molecule has 0 aromatic carbocycles. The molecule has 0 fully saturated rings. The Balaban J connectivity index is 4.16. The molecule has 1 unspecified atom stereocenters. The highest BCUT2D eigenvalue weighted by Crippen LogP contribution is 2.40. The molecule has 0 aliphatic rings. The average Bonchev–Trinajstić information content (AvgIpc) is 1.86. The maximum Gasteiger partial charge on any atom is 0.186 e. The highest BCUT2D eigenvalue weighted by molar-refractivity contribution is 8.19. The summed E-state index contributed by atoms with van der Waals surface area (Å²) in [6.07, 6.45) is -2.45. The number of carbonyl (C=O) groups is 1. The van der Waals surface area contributed by atoms with E-state index in [9.17, 15) is 4.79 Å². The van der Waals surface area contributed by atoms with Gasteiger partial charge in [0.2, 0.25) is 0 Å². The summed E-state index contributed by atoms with van der Waals surface area (Å²) in [6, 6.07) is 0. The number of carbonyl (C=O) groups excluding carboxylic acids is 1. The van der Waals surface area contributed by atoms with Crippen LogP contribution in [0.5, 0.6) is 0 Å². The third-order valence-electron chi connectivity index (χ3n) is 0.818. The topological polar surface area (TPSA) is 37.3 Å². The van der Waals surface area contributed by atoms with Gasteiger partial charge < -0.3 is 4.89 Å². The predicted octanol–water partition coefficient (Wildman–Crippen LogP) is 0.940. The van der Waals surface area contributed by atoms with E-state index in [2.05, 4.69) is 11.8 Å². The normalized spacial score (nSPS) is 19.0. The largest absolute Gasteiger partial charge is 0.359 e. The monoisotopic (exact) mass is 153 g/mol. The van der Waals surface area contributed by atoms with Crippen LogP contribution in [0.2, 0.25) is 0 Å². The molecule has 1 N–H and O–H groups in total. The third kappa shape index (κ3) is 2.03. The van der Waals surface area contributed by atoms with Crippen molar-refractivity contribution in [2.45, 2.75) is 13.8 Å². The summed E-state index contributed by atoms with van der Waals surface area (Å²) in [5, 5.41) is 0. The molecule has 0 aromatic heterocycles. The van der Waals surface area contributed by atoms with Crippen molar-refractivity contribution in [3.05, 3.63) is 0 Å². The van der Waals surface area contributed by atoms with Gasteiger partial charge in [-0.1, -0.05) is 18.7 Å². The summed E-state index contributed by atoms with van der Waals surface area (Å²) in [7, 11) is 0. The molecular formula is C4H9O2PS. The van der Waals surface area contributed by atoms with Crippen molar-refractivity contribution in [1.29, 1.82) is 0 Å². The molecular weight excluding hydrogens is 143 g/mol. The second-order valence-corrected chi connectivity index (χ2v) is 5.76. The second-order valence-electron chi connectivity index (χ2n) is 1.41. The number of rotatable bonds is 2. The highest BCUT2D eigenvalue weighted by Gasteiger charge is 2.14. The van der Waals surface area contributed by atoms with Crippen molar-refractivity contribution in [3.63, 3.8) is 0 Å². The van der Waals surface area contributed by atoms with E-state index in [1.165, 1.54) is 0 Å². The van der Waals surface area contributed by atoms with Crippen LogP contribution in [-0.2, 0) is 16.6 Å². The first-order chi connectivity index (χ1) is 4.04. The Kier molecular flexibility index (Phi) is 2.17. The van der Waals surface area contributed by atoms with Crippen molar-refractivity contribution in [2.24, 2.45) is 0 Å². The molecule has 4 heteroatoms. The van der Waals surface area contributed by atoms with Crippen molar-refractivity contribution >= 4 is 23.6 Å². The average molecular weight is 153 g/mol. The van der Waals surface area contributed by atoms with Gasteiger partial charge in [-0.3, -0.25) is 4.79 Å². The van der Waals surface area contributed by atoms with E-state index < -0.39 is 11.8 Å². The molecule has 0 spiro atoms. The Bertz CT molecular complexity index is 159. The van der Waals surface area contributed by atoms with Gasteiger partial charge in [0.15, 0.2) is 5.52 Å². The van der Waals surface area contributed by atoms with E-state index in [0.29, 0.717) is 6.16 Å². The lowest BCUT2D eigenvalue weighted by molar-refractivity contribution is -0.110. The minimum absolute atomic E-state index is 0.306. The fourth-order valence-corrected chi connectivity index (χ4v) is 0.529. The fourth-order valence-electron chi connectivity index (χ4n) is 0.176. The van der Waals surface area contributed by atoms with Crippen molar-refractivity contribution in [2.75, 3.05) is 6.16 Å². The summed E-state index contributed by atoms with van der Waals surface area (Å²) >= 11 is 4.56. The van der Waals surface area contributed by atoms with Gasteiger partial charge in [0.05, 0.1) is 0 Å². The standard InChI is InChI=1S/C4H9O2PS/c1-3-7(6,8)4(2)5/h3H2,1-2H3,(H,6,8)/i2D. The van der Waals surface area contributed by atoms with Crippen molar-refractivity contribution < 1.29 is 11.1 Å². The molecule has 48 valence electrons. The number of hydrogen-bond acceptors (Lipinski definition) is 2. The summed E-state index contributed by atoms with van der Waals surface area (Å²) in [6.45, 7) is 1.27. The van der Waals surface area contributed by atoms with Crippen LogP contribution in [0.3, 0.4) is 0 Å². The van der Waals surface area contributed by atoms with Crippen molar-refractivity contribution in [1.82, 2.24) is 0 Å². The van der Waals surface area contributed by atoms with Crippen molar-refractivity contribution in [3.8, 4) is 0 Å². The smallest absolute Gasteiger partial charge is 0.186 e. The molecule has 0 saturated carbocycles. The zero-order chi connectivity index (χ0) is 7.49. The Labute approximate surface area is 55.4 Å². The Morgan fingerprint density at radius 1 is 2.12 bits per heavy atom. The van der Waals surface area contributed by atoms with E-state index in [1.807, 2.05) is 0 Å². The van der Waals surface area contributed by atoms with E-state index in [1.54, 1.807) is 6.92 Å². The molecule has 0 aliphatic heterocycles. The molecule has 0 saturated heterocycles. The molecule has 1 atom stereocenters. The highest BCUT2D eigenvalue weighted by atomic mass is 32.4. The molecule has 0 bridgehead atoms. The first-order valence-corrected chi connectivity index (χ1v) is 5.13. The first kappa shape index (κ1) is 6.40. The van der Waals surface area contributed by atoms with Crippen LogP contribution in [0.15, 0.2) is 0 Å². The Hall–Kier alpha value is 0.280. The van der Waals surface area contributed by atoms with Crippen LogP contribution < -0.4 is 0 Å². The molecule has 0 amide bonds. The molecule has 0 radical (unpaired) electrons. The Morgan fingerprint density at radius 2 is 2.62 bits per heavy atom. The summed E-state index contributed by atoms with van der Waals surface area (Å²) in [5.41, 5.74) is -0.486. The SMILES string of the molecule is [2H]CC(=O)P(O)(=S)CC. The maximum absolute atomic E-state index is 10.6. The summed E-state index contributed by atoms with van der Waals surface area (Å²) in [4.78, 5) is 19.6. The van der Waals surface area contributed by atoms with Gasteiger partial charge in [0.1, 0.15) is 6.26 Å². The maximum atomic E-state index is 10.6. The molecule has 0 aromatic rings. The van der Waals surface area contributed by atoms with Crippen LogP contribution in [0.4, 0.5) is 0 Å². The minimum Gasteiger partial charge on any atom is -0.359 e. The lowest BCUT2D eigenvalue weighted by Gasteiger charge is -2.05. The molecule has 0 rings (SSSR count). The molecule has 0 heterocycles. The van der Waals surface area contributed by atoms with Gasteiger partial charge >= 0.3 is 0 Å². The Morgan fingerprint density at radius 3 is 2.75 bits per heavy atom. The van der Waals surface area contributed by atoms with Gasteiger partial charge in [-0.25, -0.2) is 0 Å². The summed E-state index contributed by atoms with van der Waals surface area (Å²) in [5.74, 6) is 0. The van der Waals surface area contributed by atoms with Gasteiger partial charge in [-0.05, 0) is 0 Å². The van der Waals surface area contributed by atoms with Gasteiger partial charge in [0, 0.05) is 14.4 Å². The lowest BCUT2D eigenvalue weighted by Crippen LogP contribution is -1.93. The van der Waals surface area contributed by atoms with E-state index in [0.717, 1.165) is 0 Å². The fraction of sp³-hybridized carbons (Fsp3) is 0.750. The lowest BCUT2D eigenvalue weighted by atomic mass is 10.9. The van der Waals surface area contributed by atoms with Gasteiger partial charge in [-0.15, -0.1) is 0 Å². The quantitative estimate of drug-likeness (QED) is 0.600. The van der Waals surface area contributed by atoms with Gasteiger partial charge in [-0.2, -0.15) is 0 Å². The molecule has 0 aliphatic carbocycles. The molecule has 8 heavy (non-hydrogen) atoms. The van der Waals surface area contributed by atoms with Crippen LogP contribution >= 0.6 is 6.26 Å². The van der Waals surface area contributed by atoms with Crippen LogP contribution in [0, 0.1) is 0 Å². The van der Waals surface area contributed by atoms with Crippen LogP contribution in [-0.4, -0.2) is 16.6 Å². The zero-order valence-electron chi connectivity index (χ0n) is 5.63. The zero-order valence-corrected chi connectivity index (χ0v) is 6.34. The minimum atomic E-state index is -2.76. The molecule has 2 nitrogen and oxygen atoms in total. The van der Waals surface area contributed by atoms with Crippen LogP contribution in [0.25, 0.3) is 0 Å². The van der Waals surface area contributed by atoms with Gasteiger partial charge in [0.25, 0.3) is 0 Å². The van der Waals surface area contributed by atoms with E-state index in [4.69, 9.17) is 6.26 Å². The summed E-state index contributed by atoms with van der Waals surface area (Å²) < 4.78 is 6.62.